The molecule has 0 aliphatic carbocycles. The lowest BCUT2D eigenvalue weighted by molar-refractivity contribution is 0.410. The van der Waals surface area contributed by atoms with Crippen LogP contribution in [0.25, 0.3) is 0 Å². The summed E-state index contributed by atoms with van der Waals surface area (Å²) < 4.78 is 5.17. The van der Waals surface area contributed by atoms with Gasteiger partial charge in [0.15, 0.2) is 5.96 Å². The van der Waals surface area contributed by atoms with Gasteiger partial charge in [-0.1, -0.05) is 0 Å². The molecule has 2 aromatic rings. The molecule has 6 nitrogen and oxygen atoms in total. The molecule has 0 fully saturated rings. The third-order valence-corrected chi connectivity index (χ3v) is 4.12. The fourth-order valence-electron chi connectivity index (χ4n) is 2.06. The standard InChI is InChI=1S/C16H22N4O2S.HI/c1-11-20-13(10-23-11)6-7-18-16(17-2)19-9-12-8-14(22-3)4-5-15(12)21;/h4-5,8,10,21H,6-7,9H2,1-3H3,(H2,17,18,19);1H. The number of rotatable bonds is 6. The summed E-state index contributed by atoms with van der Waals surface area (Å²) in [6.45, 7) is 3.20. The van der Waals surface area contributed by atoms with E-state index in [-0.39, 0.29) is 29.7 Å². The van der Waals surface area contributed by atoms with Crippen molar-refractivity contribution in [1.29, 1.82) is 0 Å². The molecule has 0 atom stereocenters. The first-order valence-electron chi connectivity index (χ1n) is 7.33. The van der Waals surface area contributed by atoms with Crippen LogP contribution < -0.4 is 15.4 Å². The van der Waals surface area contributed by atoms with Gasteiger partial charge in [0.05, 0.1) is 17.8 Å². The first kappa shape index (κ1) is 20.5. The number of ether oxygens (including phenoxy) is 1. The molecular weight excluding hydrogens is 439 g/mol. The molecule has 0 unspecified atom stereocenters. The number of methoxy groups -OCH3 is 1. The minimum absolute atomic E-state index is 0. The Bertz CT molecular complexity index is 676. The van der Waals surface area contributed by atoms with Crippen LogP contribution in [0.5, 0.6) is 11.5 Å². The zero-order valence-corrected chi connectivity index (χ0v) is 17.1. The van der Waals surface area contributed by atoms with Crippen molar-refractivity contribution >= 4 is 41.3 Å². The topological polar surface area (TPSA) is 78.8 Å². The molecular formula is C16H23IN4O2S. The Morgan fingerprint density at radius 2 is 2.17 bits per heavy atom. The van der Waals surface area contributed by atoms with Gasteiger partial charge >= 0.3 is 0 Å². The quantitative estimate of drug-likeness (QED) is 0.350. The molecule has 8 heteroatoms. The summed E-state index contributed by atoms with van der Waals surface area (Å²) in [5.74, 6) is 1.62. The first-order chi connectivity index (χ1) is 11.1. The second-order valence-electron chi connectivity index (χ2n) is 4.96. The van der Waals surface area contributed by atoms with Crippen LogP contribution in [-0.2, 0) is 13.0 Å². The van der Waals surface area contributed by atoms with Gasteiger partial charge in [-0.3, -0.25) is 4.99 Å². The summed E-state index contributed by atoms with van der Waals surface area (Å²) in [6.07, 6.45) is 0.843. The van der Waals surface area contributed by atoms with Gasteiger partial charge in [0.1, 0.15) is 11.5 Å². The Morgan fingerprint density at radius 1 is 1.38 bits per heavy atom. The second-order valence-corrected chi connectivity index (χ2v) is 6.02. The molecule has 0 saturated carbocycles. The molecule has 0 aliphatic heterocycles. The average molecular weight is 462 g/mol. The molecule has 0 bridgehead atoms. The van der Waals surface area contributed by atoms with Crippen LogP contribution >= 0.6 is 35.3 Å². The van der Waals surface area contributed by atoms with Crippen molar-refractivity contribution < 1.29 is 9.84 Å². The number of hydrogen-bond acceptors (Lipinski definition) is 5. The number of aliphatic imine (C=N–C) groups is 1. The predicted octanol–water partition coefficient (Wildman–Crippen LogP) is 2.69. The lowest BCUT2D eigenvalue weighted by Gasteiger charge is -2.13. The Labute approximate surface area is 163 Å². The highest BCUT2D eigenvalue weighted by molar-refractivity contribution is 14.0. The predicted molar refractivity (Wildman–Crippen MR) is 109 cm³/mol. The number of phenols is 1. The molecule has 0 saturated heterocycles. The molecule has 1 aromatic carbocycles. The van der Waals surface area contributed by atoms with Crippen molar-refractivity contribution in [2.45, 2.75) is 19.9 Å². The molecule has 1 aromatic heterocycles. The molecule has 24 heavy (non-hydrogen) atoms. The highest BCUT2D eigenvalue weighted by Gasteiger charge is 2.05. The Balaban J connectivity index is 0.00000288. The number of phenolic OH excluding ortho intramolecular Hbond substituents is 1. The van der Waals surface area contributed by atoms with Gasteiger partial charge in [-0.25, -0.2) is 4.98 Å². The summed E-state index contributed by atoms with van der Waals surface area (Å²) in [6, 6.07) is 5.14. The van der Waals surface area contributed by atoms with Crippen molar-refractivity contribution in [1.82, 2.24) is 15.6 Å². The third-order valence-electron chi connectivity index (χ3n) is 3.30. The molecule has 3 N–H and O–H groups in total. The zero-order valence-electron chi connectivity index (χ0n) is 14.0. The largest absolute Gasteiger partial charge is 0.508 e. The Morgan fingerprint density at radius 3 is 2.79 bits per heavy atom. The monoisotopic (exact) mass is 462 g/mol. The van der Waals surface area contributed by atoms with Gasteiger partial charge in [0, 0.05) is 37.5 Å². The minimum atomic E-state index is 0. The van der Waals surface area contributed by atoms with E-state index in [4.69, 9.17) is 4.74 Å². The van der Waals surface area contributed by atoms with E-state index in [1.54, 1.807) is 43.7 Å². The maximum Gasteiger partial charge on any atom is 0.191 e. The number of thiazole rings is 1. The van der Waals surface area contributed by atoms with Crippen LogP contribution in [0.15, 0.2) is 28.6 Å². The number of benzene rings is 1. The van der Waals surface area contributed by atoms with E-state index in [0.717, 1.165) is 29.2 Å². The van der Waals surface area contributed by atoms with E-state index in [1.807, 2.05) is 6.92 Å². The normalized spacial score (nSPS) is 10.9. The Hall–Kier alpha value is -1.55. The lowest BCUT2D eigenvalue weighted by atomic mass is 10.2. The number of nitrogens with zero attached hydrogens (tertiary/aromatic N) is 2. The highest BCUT2D eigenvalue weighted by Crippen LogP contribution is 2.22. The number of aromatic hydroxyl groups is 1. The maximum absolute atomic E-state index is 9.88. The van der Waals surface area contributed by atoms with Crippen molar-refractivity contribution in [2.24, 2.45) is 4.99 Å². The molecule has 0 amide bonds. The number of nitrogens with one attached hydrogen (secondary N) is 2. The first-order valence-corrected chi connectivity index (χ1v) is 8.21. The van der Waals surface area contributed by atoms with Gasteiger partial charge in [-0.2, -0.15) is 0 Å². The van der Waals surface area contributed by atoms with Crippen LogP contribution in [0.1, 0.15) is 16.3 Å². The van der Waals surface area contributed by atoms with E-state index in [0.29, 0.717) is 18.3 Å². The van der Waals surface area contributed by atoms with Crippen molar-refractivity contribution in [2.75, 3.05) is 20.7 Å². The zero-order chi connectivity index (χ0) is 16.7. The summed E-state index contributed by atoms with van der Waals surface area (Å²) in [5, 5.41) is 19.4. The molecule has 0 radical (unpaired) electrons. The summed E-state index contributed by atoms with van der Waals surface area (Å²) in [5.41, 5.74) is 1.84. The summed E-state index contributed by atoms with van der Waals surface area (Å²) in [4.78, 5) is 8.60. The van der Waals surface area contributed by atoms with E-state index < -0.39 is 0 Å². The fraction of sp³-hybridized carbons (Fsp3) is 0.375. The highest BCUT2D eigenvalue weighted by atomic mass is 127. The smallest absolute Gasteiger partial charge is 0.191 e. The molecule has 132 valence electrons. The number of halogens is 1. The average Bonchev–Trinajstić information content (AvgIpc) is 2.97. The molecule has 0 aliphatic rings. The van der Waals surface area contributed by atoms with Crippen LogP contribution in [0.3, 0.4) is 0 Å². The Kier molecular flexibility index (Phi) is 8.83. The lowest BCUT2D eigenvalue weighted by Crippen LogP contribution is -2.37. The van der Waals surface area contributed by atoms with Gasteiger partial charge in [0.2, 0.25) is 0 Å². The van der Waals surface area contributed by atoms with Crippen molar-refractivity contribution in [3.05, 3.63) is 39.8 Å². The van der Waals surface area contributed by atoms with Crippen LogP contribution in [0.4, 0.5) is 0 Å². The molecule has 0 spiro atoms. The molecule has 1 heterocycles. The van der Waals surface area contributed by atoms with E-state index >= 15 is 0 Å². The van der Waals surface area contributed by atoms with Gasteiger partial charge in [-0.15, -0.1) is 35.3 Å². The van der Waals surface area contributed by atoms with Crippen LogP contribution in [-0.4, -0.2) is 36.8 Å². The minimum Gasteiger partial charge on any atom is -0.508 e. The SMILES string of the molecule is CN=C(NCCc1csc(C)n1)NCc1cc(OC)ccc1O.I. The van der Waals surface area contributed by atoms with Gasteiger partial charge in [-0.05, 0) is 25.1 Å². The number of hydrogen-bond donors (Lipinski definition) is 3. The van der Waals surface area contributed by atoms with Crippen LogP contribution in [0, 0.1) is 6.92 Å². The number of aromatic nitrogens is 1. The summed E-state index contributed by atoms with van der Waals surface area (Å²) in [7, 11) is 3.32. The van der Waals surface area contributed by atoms with E-state index in [2.05, 4.69) is 26.0 Å². The number of aryl methyl sites for hydroxylation is 1. The second kappa shape index (κ2) is 10.3. The molecule has 2 rings (SSSR count). The third kappa shape index (κ3) is 6.16. The van der Waals surface area contributed by atoms with Crippen molar-refractivity contribution in [3.8, 4) is 11.5 Å². The van der Waals surface area contributed by atoms with E-state index in [1.165, 1.54) is 0 Å². The van der Waals surface area contributed by atoms with E-state index in [9.17, 15) is 5.11 Å². The number of guanidine groups is 1. The van der Waals surface area contributed by atoms with Gasteiger partial charge in [0.25, 0.3) is 0 Å². The van der Waals surface area contributed by atoms with Crippen LogP contribution in [0.2, 0.25) is 0 Å². The maximum atomic E-state index is 9.88. The van der Waals surface area contributed by atoms with Gasteiger partial charge < -0.3 is 20.5 Å². The fourth-order valence-corrected chi connectivity index (χ4v) is 2.71. The summed E-state index contributed by atoms with van der Waals surface area (Å²) >= 11 is 1.66. The van der Waals surface area contributed by atoms with Crippen molar-refractivity contribution in [3.63, 3.8) is 0 Å².